The summed E-state index contributed by atoms with van der Waals surface area (Å²) in [7, 11) is -0.465. The highest BCUT2D eigenvalue weighted by Gasteiger charge is 2.33. The smallest absolute Gasteiger partial charge is 0.252 e. The van der Waals surface area contributed by atoms with E-state index in [0.29, 0.717) is 33.5 Å². The summed E-state index contributed by atoms with van der Waals surface area (Å²) in [5, 5.41) is 4.88. The Hall–Kier alpha value is -2.14. The number of nitrogens with one attached hydrogen (secondary N) is 1. The van der Waals surface area contributed by atoms with Crippen LogP contribution in [0, 0.1) is 5.92 Å². The molecule has 11 heteroatoms. The second-order valence-electron chi connectivity index (χ2n) is 7.20. The number of piperidine rings is 1. The van der Waals surface area contributed by atoms with Crippen molar-refractivity contribution in [1.29, 1.82) is 0 Å². The Morgan fingerprint density at radius 3 is 2.61 bits per heavy atom. The van der Waals surface area contributed by atoms with Crippen LogP contribution < -0.4 is 10.1 Å². The van der Waals surface area contributed by atoms with E-state index in [4.69, 9.17) is 16.3 Å². The molecule has 3 rings (SSSR count). The first-order chi connectivity index (χ1) is 14.7. The third kappa shape index (κ3) is 5.57. The van der Waals surface area contributed by atoms with Gasteiger partial charge in [0.25, 0.3) is 10.0 Å². The average molecular weight is 486 g/mol. The monoisotopic (exact) mass is 485 g/mol. The lowest BCUT2D eigenvalue weighted by Crippen LogP contribution is -2.44. The van der Waals surface area contributed by atoms with Gasteiger partial charge in [-0.2, -0.15) is 4.31 Å². The molecule has 2 heterocycles. The number of hydrogen-bond acceptors (Lipinski definition) is 6. The van der Waals surface area contributed by atoms with E-state index >= 15 is 0 Å². The van der Waals surface area contributed by atoms with Crippen molar-refractivity contribution in [3.63, 3.8) is 0 Å². The molecule has 1 fully saturated rings. The van der Waals surface area contributed by atoms with Crippen LogP contribution in [0.1, 0.15) is 12.8 Å². The second-order valence-corrected chi connectivity index (χ2v) is 10.7. The maximum absolute atomic E-state index is 12.8. The van der Waals surface area contributed by atoms with Gasteiger partial charge in [0.1, 0.15) is 9.96 Å². The first kappa shape index (κ1) is 23.5. The molecule has 0 atom stereocenters. The minimum atomic E-state index is -3.51. The lowest BCUT2D eigenvalue weighted by Gasteiger charge is -2.32. The number of sulfonamides is 1. The van der Waals surface area contributed by atoms with Crippen molar-refractivity contribution >= 4 is 50.5 Å². The molecule has 0 spiro atoms. The Labute approximate surface area is 190 Å². The molecule has 2 aromatic rings. The van der Waals surface area contributed by atoms with E-state index in [1.54, 1.807) is 42.8 Å². The molecule has 1 aromatic heterocycles. The Morgan fingerprint density at radius 2 is 2.00 bits per heavy atom. The molecule has 2 amide bonds. The molecule has 0 saturated carbocycles. The van der Waals surface area contributed by atoms with Gasteiger partial charge in [0.2, 0.25) is 11.8 Å². The molecule has 1 saturated heterocycles. The van der Waals surface area contributed by atoms with Crippen molar-refractivity contribution in [2.45, 2.75) is 17.1 Å². The van der Waals surface area contributed by atoms with Crippen LogP contribution in [-0.4, -0.2) is 63.2 Å². The van der Waals surface area contributed by atoms with Gasteiger partial charge in [0, 0.05) is 31.1 Å². The van der Waals surface area contributed by atoms with Gasteiger partial charge < -0.3 is 15.0 Å². The highest BCUT2D eigenvalue weighted by molar-refractivity contribution is 7.91. The number of methoxy groups -OCH3 is 1. The van der Waals surface area contributed by atoms with Gasteiger partial charge in [0.15, 0.2) is 0 Å². The van der Waals surface area contributed by atoms with Crippen LogP contribution in [0.2, 0.25) is 5.02 Å². The molecule has 0 unspecified atom stereocenters. The van der Waals surface area contributed by atoms with E-state index in [9.17, 15) is 18.0 Å². The Balaban J connectivity index is 1.54. The number of likely N-dealkylation sites (N-methyl/N-ethyl adjacent to an activating group) is 1. The minimum absolute atomic E-state index is 0.137. The van der Waals surface area contributed by atoms with Gasteiger partial charge in [-0.05, 0) is 42.5 Å². The summed E-state index contributed by atoms with van der Waals surface area (Å²) >= 11 is 7.15. The quantitative estimate of drug-likeness (QED) is 0.650. The lowest BCUT2D eigenvalue weighted by atomic mass is 9.96. The van der Waals surface area contributed by atoms with Crippen molar-refractivity contribution in [3.8, 4) is 5.75 Å². The van der Waals surface area contributed by atoms with Crippen molar-refractivity contribution in [2.24, 2.45) is 5.92 Å². The van der Waals surface area contributed by atoms with Crippen LogP contribution in [0.15, 0.2) is 39.9 Å². The van der Waals surface area contributed by atoms with Crippen LogP contribution in [0.4, 0.5) is 5.69 Å². The summed E-state index contributed by atoms with van der Waals surface area (Å²) in [4.78, 5) is 26.6. The van der Waals surface area contributed by atoms with E-state index in [0.717, 1.165) is 0 Å². The van der Waals surface area contributed by atoms with Gasteiger partial charge in [0.05, 0.1) is 19.3 Å². The number of carbonyl (C=O) groups excluding carboxylic acids is 2. The minimum Gasteiger partial charge on any atom is -0.495 e. The second kappa shape index (κ2) is 9.99. The van der Waals surface area contributed by atoms with Gasteiger partial charge in [-0.1, -0.05) is 17.7 Å². The largest absolute Gasteiger partial charge is 0.495 e. The predicted octanol–water partition coefficient (Wildman–Crippen LogP) is 2.91. The Morgan fingerprint density at radius 1 is 1.29 bits per heavy atom. The highest BCUT2D eigenvalue weighted by atomic mass is 35.5. The molecule has 1 aromatic carbocycles. The zero-order valence-electron chi connectivity index (χ0n) is 17.2. The third-order valence-corrected chi connectivity index (χ3v) is 8.59. The number of amides is 2. The van der Waals surface area contributed by atoms with Crippen LogP contribution in [0.3, 0.4) is 0 Å². The van der Waals surface area contributed by atoms with E-state index in [1.165, 1.54) is 27.7 Å². The lowest BCUT2D eigenvalue weighted by molar-refractivity contribution is -0.138. The van der Waals surface area contributed by atoms with Crippen molar-refractivity contribution in [3.05, 3.63) is 40.7 Å². The number of nitrogens with zero attached hydrogens (tertiary/aromatic N) is 2. The zero-order valence-corrected chi connectivity index (χ0v) is 19.6. The van der Waals surface area contributed by atoms with E-state index in [-0.39, 0.29) is 37.4 Å². The summed E-state index contributed by atoms with van der Waals surface area (Å²) in [6.45, 7) is 0.412. The number of halogens is 1. The van der Waals surface area contributed by atoms with Gasteiger partial charge in [-0.15, -0.1) is 11.3 Å². The first-order valence-corrected chi connectivity index (χ1v) is 12.3. The van der Waals surface area contributed by atoms with Gasteiger partial charge >= 0.3 is 0 Å². The molecule has 0 radical (unpaired) electrons. The number of hydrogen-bond donors (Lipinski definition) is 1. The predicted molar refractivity (Wildman–Crippen MR) is 120 cm³/mol. The standard InChI is InChI=1S/C20H24ClN3O5S2/c1-23(13-18(25)22-16-12-15(21)5-6-17(16)29-2)20(26)14-7-9-24(10-8-14)31(27,28)19-4-3-11-30-19/h3-6,11-12,14H,7-10,13H2,1-2H3,(H,22,25). The molecule has 1 aliphatic rings. The van der Waals surface area contributed by atoms with Crippen molar-refractivity contribution < 1.29 is 22.7 Å². The highest BCUT2D eigenvalue weighted by Crippen LogP contribution is 2.28. The molecule has 8 nitrogen and oxygen atoms in total. The molecule has 1 aliphatic heterocycles. The number of anilines is 1. The molecule has 0 aliphatic carbocycles. The fraction of sp³-hybridized carbons (Fsp3) is 0.400. The number of carbonyl (C=O) groups is 2. The molecule has 1 N–H and O–H groups in total. The van der Waals surface area contributed by atoms with Crippen LogP contribution in [0.5, 0.6) is 5.75 Å². The molecule has 0 bridgehead atoms. The normalized spacial score (nSPS) is 15.5. The van der Waals surface area contributed by atoms with E-state index < -0.39 is 10.0 Å². The van der Waals surface area contributed by atoms with E-state index in [1.807, 2.05) is 0 Å². The first-order valence-electron chi connectivity index (χ1n) is 9.64. The fourth-order valence-electron chi connectivity index (χ4n) is 3.45. The Bertz CT molecular complexity index is 1040. The van der Waals surface area contributed by atoms with Crippen LogP contribution in [0.25, 0.3) is 0 Å². The maximum Gasteiger partial charge on any atom is 0.252 e. The maximum atomic E-state index is 12.8. The molecule has 168 valence electrons. The van der Waals surface area contributed by atoms with E-state index in [2.05, 4.69) is 5.32 Å². The number of ether oxygens (including phenoxy) is 1. The number of rotatable bonds is 7. The summed E-state index contributed by atoms with van der Waals surface area (Å²) in [6.07, 6.45) is 0.828. The summed E-state index contributed by atoms with van der Waals surface area (Å²) in [5.41, 5.74) is 0.424. The third-order valence-electron chi connectivity index (χ3n) is 5.09. The SMILES string of the molecule is COc1ccc(Cl)cc1NC(=O)CN(C)C(=O)C1CCN(S(=O)(=O)c2cccs2)CC1. The van der Waals surface area contributed by atoms with Crippen LogP contribution >= 0.6 is 22.9 Å². The number of thiophene rings is 1. The summed E-state index contributed by atoms with van der Waals surface area (Å²) in [5.74, 6) is -0.421. The molecular formula is C20H24ClN3O5S2. The summed E-state index contributed by atoms with van der Waals surface area (Å²) in [6, 6.07) is 8.15. The summed E-state index contributed by atoms with van der Waals surface area (Å²) < 4.78 is 32.2. The number of benzene rings is 1. The van der Waals surface area contributed by atoms with Gasteiger partial charge in [-0.3, -0.25) is 9.59 Å². The molecule has 31 heavy (non-hydrogen) atoms. The Kier molecular flexibility index (Phi) is 7.58. The van der Waals surface area contributed by atoms with Crippen molar-refractivity contribution in [1.82, 2.24) is 9.21 Å². The van der Waals surface area contributed by atoms with Crippen molar-refractivity contribution in [2.75, 3.05) is 39.1 Å². The average Bonchev–Trinajstić information content (AvgIpc) is 3.29. The zero-order chi connectivity index (χ0) is 22.6. The van der Waals surface area contributed by atoms with Crippen LogP contribution in [-0.2, 0) is 19.6 Å². The fourth-order valence-corrected chi connectivity index (χ4v) is 6.24. The molecular weight excluding hydrogens is 462 g/mol. The topological polar surface area (TPSA) is 96.0 Å². The van der Waals surface area contributed by atoms with Gasteiger partial charge in [-0.25, -0.2) is 8.42 Å².